The van der Waals surface area contributed by atoms with E-state index in [0.717, 1.165) is 53.4 Å². The van der Waals surface area contributed by atoms with E-state index >= 15 is 0 Å². The number of nitrogens with zero attached hydrogens (tertiary/aromatic N) is 1. The number of nitrogens with one attached hydrogen (secondary N) is 1. The summed E-state index contributed by atoms with van der Waals surface area (Å²) >= 11 is 0. The Morgan fingerprint density at radius 3 is 2.48 bits per heavy atom. The SMILES string of the molecule is CCc1cc2c3c([nH]c2cc1S(=O)(=O)N1CCCCC1)CC(C)(C)CC3=O. The molecule has 0 spiro atoms. The zero-order chi connectivity index (χ0) is 19.4. The zero-order valence-corrected chi connectivity index (χ0v) is 17.2. The van der Waals surface area contributed by atoms with Gasteiger partial charge in [-0.25, -0.2) is 8.42 Å². The summed E-state index contributed by atoms with van der Waals surface area (Å²) < 4.78 is 28.2. The number of fused-ring (bicyclic) bond motifs is 3. The van der Waals surface area contributed by atoms with Crippen molar-refractivity contribution in [3.63, 3.8) is 0 Å². The summed E-state index contributed by atoms with van der Waals surface area (Å²) in [6.07, 6.45) is 4.89. The van der Waals surface area contributed by atoms with Crippen molar-refractivity contribution >= 4 is 26.7 Å². The van der Waals surface area contributed by atoms with Crippen molar-refractivity contribution in [1.29, 1.82) is 0 Å². The molecule has 0 radical (unpaired) electrons. The first-order chi connectivity index (χ1) is 12.7. The average Bonchev–Trinajstić information content (AvgIpc) is 2.97. The molecule has 2 aliphatic rings. The van der Waals surface area contributed by atoms with E-state index in [9.17, 15) is 13.2 Å². The molecular weight excluding hydrogens is 360 g/mol. The Balaban J connectivity index is 1.87. The highest BCUT2D eigenvalue weighted by molar-refractivity contribution is 7.89. The lowest BCUT2D eigenvalue weighted by Crippen LogP contribution is -2.36. The predicted molar refractivity (Wildman–Crippen MR) is 107 cm³/mol. The van der Waals surface area contributed by atoms with Gasteiger partial charge < -0.3 is 4.98 Å². The number of carbonyl (C=O) groups excluding carboxylic acids is 1. The molecule has 0 saturated carbocycles. The molecule has 1 aromatic carbocycles. The average molecular weight is 389 g/mol. The Hall–Kier alpha value is -1.66. The maximum absolute atomic E-state index is 13.3. The molecule has 1 aliphatic carbocycles. The molecule has 27 heavy (non-hydrogen) atoms. The van der Waals surface area contributed by atoms with Crippen molar-refractivity contribution < 1.29 is 13.2 Å². The van der Waals surface area contributed by atoms with Crippen LogP contribution in [0.3, 0.4) is 0 Å². The number of Topliss-reactive ketones (excluding diaryl/α,β-unsaturated/α-hetero) is 1. The molecule has 1 aliphatic heterocycles. The number of aryl methyl sites for hydroxylation is 1. The molecule has 0 atom stereocenters. The first-order valence-electron chi connectivity index (χ1n) is 9.94. The smallest absolute Gasteiger partial charge is 0.243 e. The summed E-state index contributed by atoms with van der Waals surface area (Å²) in [7, 11) is -3.51. The van der Waals surface area contributed by atoms with Crippen LogP contribution in [0.1, 0.15) is 68.1 Å². The second-order valence-corrected chi connectivity index (χ2v) is 10.6. The minimum atomic E-state index is -3.51. The quantitative estimate of drug-likeness (QED) is 0.862. The van der Waals surface area contributed by atoms with E-state index in [1.54, 1.807) is 10.4 Å². The van der Waals surface area contributed by atoms with E-state index in [-0.39, 0.29) is 11.2 Å². The van der Waals surface area contributed by atoms with Crippen LogP contribution < -0.4 is 0 Å². The largest absolute Gasteiger partial charge is 0.358 e. The van der Waals surface area contributed by atoms with Crippen molar-refractivity contribution in [2.45, 2.75) is 64.2 Å². The maximum Gasteiger partial charge on any atom is 0.243 e. The van der Waals surface area contributed by atoms with Crippen LogP contribution in [0, 0.1) is 5.41 Å². The number of aromatic nitrogens is 1. The van der Waals surface area contributed by atoms with Crippen LogP contribution in [0.15, 0.2) is 17.0 Å². The van der Waals surface area contributed by atoms with Crippen molar-refractivity contribution in [3.05, 3.63) is 29.0 Å². The Bertz CT molecular complexity index is 1010. The predicted octanol–water partition coefficient (Wildman–Crippen LogP) is 4.06. The van der Waals surface area contributed by atoms with Crippen molar-refractivity contribution in [1.82, 2.24) is 9.29 Å². The molecule has 2 aromatic rings. The molecule has 1 N–H and O–H groups in total. The molecule has 0 amide bonds. The monoisotopic (exact) mass is 388 g/mol. The van der Waals surface area contributed by atoms with E-state index in [1.807, 2.05) is 13.0 Å². The van der Waals surface area contributed by atoms with Gasteiger partial charge >= 0.3 is 0 Å². The molecule has 0 bridgehead atoms. The molecule has 5 nitrogen and oxygen atoms in total. The number of sulfonamides is 1. The summed E-state index contributed by atoms with van der Waals surface area (Å²) in [6, 6.07) is 3.69. The van der Waals surface area contributed by atoms with Gasteiger partial charge in [0.15, 0.2) is 5.78 Å². The highest BCUT2D eigenvalue weighted by Gasteiger charge is 2.35. The number of benzene rings is 1. The summed E-state index contributed by atoms with van der Waals surface area (Å²) in [4.78, 5) is 16.5. The summed E-state index contributed by atoms with van der Waals surface area (Å²) in [5, 5.41) is 0.875. The minimum Gasteiger partial charge on any atom is -0.358 e. The summed E-state index contributed by atoms with van der Waals surface area (Å²) in [5.41, 5.74) is 3.20. The van der Waals surface area contributed by atoms with Crippen LogP contribution in [-0.4, -0.2) is 36.6 Å². The van der Waals surface area contributed by atoms with E-state index in [0.29, 0.717) is 30.8 Å². The van der Waals surface area contributed by atoms with Crippen LogP contribution in [0.25, 0.3) is 10.9 Å². The van der Waals surface area contributed by atoms with E-state index < -0.39 is 10.0 Å². The highest BCUT2D eigenvalue weighted by Crippen LogP contribution is 2.39. The van der Waals surface area contributed by atoms with Crippen LogP contribution in [0.2, 0.25) is 0 Å². The fraction of sp³-hybridized carbons (Fsp3) is 0.571. The number of ketones is 1. The summed E-state index contributed by atoms with van der Waals surface area (Å²) in [5.74, 6) is 0.154. The molecule has 6 heteroatoms. The molecule has 4 rings (SSSR count). The molecule has 2 heterocycles. The number of hydrogen-bond acceptors (Lipinski definition) is 3. The fourth-order valence-corrected chi connectivity index (χ4v) is 6.42. The molecule has 1 aromatic heterocycles. The third-order valence-corrected chi connectivity index (χ3v) is 7.93. The Kier molecular flexibility index (Phi) is 4.47. The molecule has 1 saturated heterocycles. The molecule has 0 unspecified atom stereocenters. The van der Waals surface area contributed by atoms with E-state index in [4.69, 9.17) is 0 Å². The third-order valence-electron chi connectivity index (χ3n) is 5.94. The van der Waals surface area contributed by atoms with Crippen molar-refractivity contribution in [2.75, 3.05) is 13.1 Å². The number of aromatic amines is 1. The Morgan fingerprint density at radius 2 is 1.81 bits per heavy atom. The van der Waals surface area contributed by atoms with Gasteiger partial charge in [0.2, 0.25) is 10.0 Å². The third kappa shape index (κ3) is 3.13. The zero-order valence-electron chi connectivity index (χ0n) is 16.4. The minimum absolute atomic E-state index is 0.0682. The molecule has 146 valence electrons. The van der Waals surface area contributed by atoms with Crippen LogP contribution in [0.4, 0.5) is 0 Å². The number of H-pyrrole nitrogens is 1. The first-order valence-corrected chi connectivity index (χ1v) is 11.4. The van der Waals surface area contributed by atoms with Gasteiger partial charge in [-0.3, -0.25) is 4.79 Å². The first kappa shape index (κ1) is 18.7. The van der Waals surface area contributed by atoms with Gasteiger partial charge in [-0.1, -0.05) is 27.2 Å². The number of carbonyl (C=O) groups is 1. The topological polar surface area (TPSA) is 70.2 Å². The Morgan fingerprint density at radius 1 is 1.11 bits per heavy atom. The number of rotatable bonds is 3. The lowest BCUT2D eigenvalue weighted by Gasteiger charge is -2.28. The van der Waals surface area contributed by atoms with E-state index in [1.165, 1.54) is 0 Å². The van der Waals surface area contributed by atoms with E-state index in [2.05, 4.69) is 18.8 Å². The lowest BCUT2D eigenvalue weighted by atomic mass is 9.76. The van der Waals surface area contributed by atoms with Crippen LogP contribution in [-0.2, 0) is 22.9 Å². The fourth-order valence-electron chi connectivity index (χ4n) is 4.60. The molecular formula is C21H28N2O3S. The lowest BCUT2D eigenvalue weighted by molar-refractivity contribution is 0.0913. The standard InChI is InChI=1S/C21H28N2O3S/c1-4-14-10-15-16(22-17-12-21(2,3)13-18(24)20(15)17)11-19(14)27(25,26)23-8-6-5-7-9-23/h10-11,22H,4-9,12-13H2,1-3H3. The van der Waals surface area contributed by atoms with Crippen molar-refractivity contribution in [3.8, 4) is 0 Å². The van der Waals surface area contributed by atoms with Gasteiger partial charge in [-0.2, -0.15) is 4.31 Å². The second kappa shape index (κ2) is 6.45. The van der Waals surface area contributed by atoms with Gasteiger partial charge in [-0.05, 0) is 48.8 Å². The second-order valence-electron chi connectivity index (χ2n) is 8.74. The molecule has 1 fully saturated rings. The van der Waals surface area contributed by atoms with Gasteiger partial charge in [0.05, 0.1) is 4.90 Å². The van der Waals surface area contributed by atoms with Crippen molar-refractivity contribution in [2.24, 2.45) is 5.41 Å². The van der Waals surface area contributed by atoms with Crippen LogP contribution in [0.5, 0.6) is 0 Å². The highest BCUT2D eigenvalue weighted by atomic mass is 32.2. The maximum atomic E-state index is 13.3. The summed E-state index contributed by atoms with van der Waals surface area (Å²) in [6.45, 7) is 7.36. The van der Waals surface area contributed by atoms with Gasteiger partial charge in [0.25, 0.3) is 0 Å². The van der Waals surface area contributed by atoms with Gasteiger partial charge in [0, 0.05) is 41.7 Å². The normalized spacial score (nSPS) is 20.8. The van der Waals surface area contributed by atoms with Gasteiger partial charge in [-0.15, -0.1) is 0 Å². The number of piperidine rings is 1. The van der Waals surface area contributed by atoms with Gasteiger partial charge in [0.1, 0.15) is 0 Å². The Labute approximate surface area is 161 Å². The number of hydrogen-bond donors (Lipinski definition) is 1. The van der Waals surface area contributed by atoms with Crippen LogP contribution >= 0.6 is 0 Å².